The Balaban J connectivity index is 1.60. The highest BCUT2D eigenvalue weighted by molar-refractivity contribution is 5.81. The first-order valence-electron chi connectivity index (χ1n) is 12.0. The molecule has 39 heavy (non-hydrogen) atoms. The number of halogens is 4. The van der Waals surface area contributed by atoms with Crippen LogP contribution in [0.4, 0.5) is 29.1 Å². The van der Waals surface area contributed by atoms with Gasteiger partial charge in [-0.3, -0.25) is 4.98 Å². The number of imidazole rings is 1. The standard InChI is InChI=1S/C25H26F4N8O2/c1-39-19-7-15(26)14(6-16(19)27)17-5-13(9-37-12-35-20-23(30)33-11-34-24(20)37)18(8-32-17)36-4-2-3-25(31,10-36)21(38)22(28)29/h5-8,11-12,21-22,38H,2-4,9-10,31H2,1H3,(H2,30,33,34)/t21-,25?/m0/s1. The maximum absolute atomic E-state index is 14.9. The van der Waals surface area contributed by atoms with Crippen LogP contribution in [-0.2, 0) is 6.54 Å². The molecule has 1 unspecified atom stereocenters. The summed E-state index contributed by atoms with van der Waals surface area (Å²) in [6.07, 6.45) is -0.128. The van der Waals surface area contributed by atoms with E-state index in [4.69, 9.17) is 16.2 Å². The van der Waals surface area contributed by atoms with Crippen molar-refractivity contribution >= 4 is 22.7 Å². The fourth-order valence-corrected chi connectivity index (χ4v) is 4.94. The van der Waals surface area contributed by atoms with E-state index < -0.39 is 29.7 Å². The lowest BCUT2D eigenvalue weighted by atomic mass is 9.84. The highest BCUT2D eigenvalue weighted by atomic mass is 19.3. The van der Waals surface area contributed by atoms with Crippen LogP contribution < -0.4 is 21.1 Å². The third-order valence-electron chi connectivity index (χ3n) is 6.98. The molecule has 206 valence electrons. The van der Waals surface area contributed by atoms with Gasteiger partial charge in [-0.2, -0.15) is 0 Å². The molecule has 0 saturated carbocycles. The maximum Gasteiger partial charge on any atom is 0.265 e. The molecule has 2 atom stereocenters. The number of nitrogens with two attached hydrogens (primary N) is 2. The van der Waals surface area contributed by atoms with Gasteiger partial charge in [-0.05, 0) is 30.5 Å². The van der Waals surface area contributed by atoms with Crippen LogP contribution >= 0.6 is 0 Å². The topological polar surface area (TPSA) is 141 Å². The SMILES string of the molecule is COc1cc(F)c(-c2cc(Cn3cnc4c(N)ncnc43)c(N3CCCC(N)([C@@H](O)C(F)F)C3)cn2)cc1F. The molecule has 4 aromatic rings. The number of pyridine rings is 1. The Labute approximate surface area is 220 Å². The lowest BCUT2D eigenvalue weighted by Crippen LogP contribution is -2.63. The Hall–Kier alpha value is -4.04. The van der Waals surface area contributed by atoms with Gasteiger partial charge in [0, 0.05) is 24.7 Å². The van der Waals surface area contributed by atoms with Gasteiger partial charge in [0.2, 0.25) is 0 Å². The number of methoxy groups -OCH3 is 1. The highest BCUT2D eigenvalue weighted by Gasteiger charge is 2.43. The number of nitrogen functional groups attached to an aromatic ring is 1. The third-order valence-corrected chi connectivity index (χ3v) is 6.98. The minimum absolute atomic E-state index is 0.0716. The number of rotatable bonds is 7. The summed E-state index contributed by atoms with van der Waals surface area (Å²) in [7, 11) is 1.23. The minimum Gasteiger partial charge on any atom is -0.494 e. The molecule has 1 aromatic carbocycles. The van der Waals surface area contributed by atoms with E-state index in [0.29, 0.717) is 35.4 Å². The molecule has 1 aliphatic heterocycles. The first-order chi connectivity index (χ1) is 18.6. The van der Waals surface area contributed by atoms with E-state index in [0.717, 1.165) is 12.1 Å². The predicted octanol–water partition coefficient (Wildman–Crippen LogP) is 2.73. The van der Waals surface area contributed by atoms with E-state index >= 15 is 0 Å². The van der Waals surface area contributed by atoms with Crippen molar-refractivity contribution in [2.24, 2.45) is 5.73 Å². The number of fused-ring (bicyclic) bond motifs is 1. The van der Waals surface area contributed by atoms with Crippen molar-refractivity contribution in [3.8, 4) is 17.0 Å². The Morgan fingerprint density at radius 2 is 1.92 bits per heavy atom. The summed E-state index contributed by atoms with van der Waals surface area (Å²) < 4.78 is 62.7. The van der Waals surface area contributed by atoms with E-state index in [1.807, 2.05) is 0 Å². The van der Waals surface area contributed by atoms with Gasteiger partial charge in [-0.25, -0.2) is 32.5 Å². The largest absolute Gasteiger partial charge is 0.494 e. The van der Waals surface area contributed by atoms with Gasteiger partial charge in [0.25, 0.3) is 6.43 Å². The summed E-state index contributed by atoms with van der Waals surface area (Å²) in [5.41, 5.74) is 12.6. The predicted molar refractivity (Wildman–Crippen MR) is 135 cm³/mol. The van der Waals surface area contributed by atoms with E-state index in [2.05, 4.69) is 19.9 Å². The average molecular weight is 547 g/mol. The first-order valence-corrected chi connectivity index (χ1v) is 12.0. The van der Waals surface area contributed by atoms with Crippen LogP contribution in [0.25, 0.3) is 22.4 Å². The van der Waals surface area contributed by atoms with Crippen LogP contribution in [-0.4, -0.2) is 67.9 Å². The van der Waals surface area contributed by atoms with Crippen LogP contribution in [0.15, 0.2) is 37.1 Å². The van der Waals surface area contributed by atoms with Gasteiger partial charge >= 0.3 is 0 Å². The Morgan fingerprint density at radius 3 is 2.67 bits per heavy atom. The molecule has 10 nitrogen and oxygen atoms in total. The molecule has 4 heterocycles. The number of alkyl halides is 2. The number of nitrogens with zero attached hydrogens (tertiary/aromatic N) is 6. The van der Waals surface area contributed by atoms with Crippen LogP contribution in [0.1, 0.15) is 18.4 Å². The van der Waals surface area contributed by atoms with Gasteiger partial charge in [-0.1, -0.05) is 0 Å². The van der Waals surface area contributed by atoms with Crippen LogP contribution in [0.5, 0.6) is 5.75 Å². The summed E-state index contributed by atoms with van der Waals surface area (Å²) in [6, 6.07) is 3.50. The van der Waals surface area contributed by atoms with E-state index in [1.165, 1.54) is 26.0 Å². The molecule has 0 spiro atoms. The number of aliphatic hydroxyl groups excluding tert-OH is 1. The number of aromatic nitrogens is 5. The lowest BCUT2D eigenvalue weighted by Gasteiger charge is -2.44. The van der Waals surface area contributed by atoms with Crippen LogP contribution in [0.3, 0.4) is 0 Å². The van der Waals surface area contributed by atoms with Gasteiger partial charge in [0.05, 0.1) is 43.1 Å². The number of piperidine rings is 1. The number of anilines is 2. The zero-order chi connectivity index (χ0) is 27.9. The monoisotopic (exact) mass is 546 g/mol. The number of hydrogen-bond acceptors (Lipinski definition) is 9. The minimum atomic E-state index is -3.01. The summed E-state index contributed by atoms with van der Waals surface area (Å²) in [5, 5.41) is 10.1. The van der Waals surface area contributed by atoms with Crippen molar-refractivity contribution in [2.45, 2.75) is 37.5 Å². The molecule has 0 bridgehead atoms. The molecule has 1 aliphatic rings. The van der Waals surface area contributed by atoms with E-state index in [1.54, 1.807) is 15.5 Å². The summed E-state index contributed by atoms with van der Waals surface area (Å²) >= 11 is 0. The zero-order valence-electron chi connectivity index (χ0n) is 20.9. The van der Waals surface area contributed by atoms with E-state index in [9.17, 15) is 22.7 Å². The lowest BCUT2D eigenvalue weighted by molar-refractivity contribution is -0.0529. The van der Waals surface area contributed by atoms with Gasteiger partial charge < -0.3 is 30.8 Å². The summed E-state index contributed by atoms with van der Waals surface area (Å²) in [5.74, 6) is -1.57. The van der Waals surface area contributed by atoms with Crippen molar-refractivity contribution < 1.29 is 27.4 Å². The van der Waals surface area contributed by atoms with Gasteiger partial charge in [-0.15, -0.1) is 0 Å². The molecule has 0 aliphatic carbocycles. The van der Waals surface area contributed by atoms with Gasteiger partial charge in [0.1, 0.15) is 23.8 Å². The highest BCUT2D eigenvalue weighted by Crippen LogP contribution is 2.34. The Kier molecular flexibility index (Phi) is 6.99. The Morgan fingerprint density at radius 1 is 1.13 bits per heavy atom. The van der Waals surface area contributed by atoms with Crippen molar-refractivity contribution in [2.75, 3.05) is 30.8 Å². The number of aliphatic hydroxyl groups is 1. The molecule has 5 rings (SSSR count). The summed E-state index contributed by atoms with van der Waals surface area (Å²) in [6.45, 7) is 0.523. The molecular formula is C25H26F4N8O2. The van der Waals surface area contributed by atoms with Gasteiger partial charge in [0.15, 0.2) is 23.0 Å². The number of ether oxygens (including phenoxy) is 1. The average Bonchev–Trinajstić information content (AvgIpc) is 3.33. The van der Waals surface area contributed by atoms with Crippen molar-refractivity contribution in [3.05, 3.63) is 54.2 Å². The molecule has 3 aromatic heterocycles. The number of hydrogen-bond donors (Lipinski definition) is 3. The number of benzene rings is 1. The Bertz CT molecular complexity index is 1520. The van der Waals surface area contributed by atoms with Crippen molar-refractivity contribution in [3.63, 3.8) is 0 Å². The molecule has 0 amide bonds. The smallest absolute Gasteiger partial charge is 0.265 e. The fourth-order valence-electron chi connectivity index (χ4n) is 4.94. The zero-order valence-corrected chi connectivity index (χ0v) is 20.9. The summed E-state index contributed by atoms with van der Waals surface area (Å²) in [4.78, 5) is 18.6. The molecule has 14 heteroatoms. The first kappa shape index (κ1) is 26.6. The molecular weight excluding hydrogens is 520 g/mol. The fraction of sp³-hybridized carbons (Fsp3) is 0.360. The molecule has 1 fully saturated rings. The second-order valence-corrected chi connectivity index (χ2v) is 9.51. The van der Waals surface area contributed by atoms with E-state index in [-0.39, 0.29) is 42.3 Å². The molecule has 5 N–H and O–H groups in total. The van der Waals surface area contributed by atoms with Crippen molar-refractivity contribution in [1.82, 2.24) is 24.5 Å². The maximum atomic E-state index is 14.9. The second kappa shape index (κ2) is 10.3. The third kappa shape index (κ3) is 4.92. The molecule has 0 radical (unpaired) electrons. The normalized spacial score (nSPS) is 18.6. The second-order valence-electron chi connectivity index (χ2n) is 9.51. The quantitative estimate of drug-likeness (QED) is 0.298. The van der Waals surface area contributed by atoms with Crippen LogP contribution in [0.2, 0.25) is 0 Å². The van der Waals surface area contributed by atoms with Crippen molar-refractivity contribution in [1.29, 1.82) is 0 Å². The molecule has 1 saturated heterocycles. The van der Waals surface area contributed by atoms with Crippen LogP contribution in [0, 0.1) is 11.6 Å².